The Morgan fingerprint density at radius 3 is 0.972 bits per heavy atom. The maximum atomic E-state index is 12.8. The predicted molar refractivity (Wildman–Crippen MR) is 145 cm³/mol. The monoisotopic (exact) mass is 493 g/mol. The van der Waals surface area contributed by atoms with Crippen LogP contribution in [0.4, 0.5) is 0 Å². The third-order valence-electron chi connectivity index (χ3n) is 10.2. The normalized spacial score (nSPS) is 23.9. The first-order chi connectivity index (χ1) is 17.7. The van der Waals surface area contributed by atoms with E-state index in [0.29, 0.717) is 23.7 Å². The molecule has 4 aliphatic carbocycles. The highest BCUT2D eigenvalue weighted by Crippen LogP contribution is 2.53. The van der Waals surface area contributed by atoms with Crippen LogP contribution in [0.5, 0.6) is 0 Å². The topological polar surface area (TPSA) is 48.3 Å². The van der Waals surface area contributed by atoms with Crippen molar-refractivity contribution in [3.63, 3.8) is 0 Å². The fraction of sp³-hybridized carbons (Fsp3) is 0.781. The highest BCUT2D eigenvalue weighted by Gasteiger charge is 2.38. The van der Waals surface area contributed by atoms with Crippen molar-refractivity contribution in [1.29, 1.82) is 0 Å². The number of hydrogen-bond donors (Lipinski definition) is 0. The van der Waals surface area contributed by atoms with E-state index in [9.17, 15) is 4.79 Å². The second kappa shape index (κ2) is 11.0. The van der Waals surface area contributed by atoms with Gasteiger partial charge in [0, 0.05) is 34.1 Å². The molecule has 4 heteroatoms. The Kier molecular flexibility index (Phi) is 7.49. The summed E-state index contributed by atoms with van der Waals surface area (Å²) in [6, 6.07) is 0. The molecule has 0 aliphatic heterocycles. The molecule has 0 atom stereocenters. The molecule has 0 spiro atoms. The van der Waals surface area contributed by atoms with E-state index in [4.69, 9.17) is 9.05 Å². The zero-order chi connectivity index (χ0) is 24.5. The standard InChI is InChI=1S/C32H47NO3/c1-22(34)33-35-31-27(23-14-6-2-7-15-23)28(24-16-8-3-9-17-24)32(36-33)30(26-20-12-5-13-21-26)29(31)25-18-10-4-11-19-25/h23-26H,2-21H2,1H3. The van der Waals surface area contributed by atoms with Crippen molar-refractivity contribution in [2.75, 3.05) is 0 Å². The van der Waals surface area contributed by atoms with Gasteiger partial charge < -0.3 is 9.05 Å². The zero-order valence-corrected chi connectivity index (χ0v) is 22.6. The summed E-state index contributed by atoms with van der Waals surface area (Å²) < 4.78 is 13.4. The van der Waals surface area contributed by atoms with Crippen molar-refractivity contribution in [2.45, 2.75) is 159 Å². The maximum absolute atomic E-state index is 12.8. The average Bonchev–Trinajstić information content (AvgIpc) is 3.22. The largest absolute Gasteiger partial charge is 0.342 e. The van der Waals surface area contributed by atoms with Crippen LogP contribution < -0.4 is 0 Å². The minimum Gasteiger partial charge on any atom is -0.342 e. The fourth-order valence-electron chi connectivity index (χ4n) is 8.48. The molecule has 0 saturated heterocycles. The second-order valence-corrected chi connectivity index (χ2v) is 12.6. The van der Waals surface area contributed by atoms with Gasteiger partial charge in [-0.15, -0.1) is 0 Å². The van der Waals surface area contributed by atoms with Crippen molar-refractivity contribution in [1.82, 2.24) is 4.91 Å². The molecule has 4 fully saturated rings. The molecule has 2 heterocycles. The van der Waals surface area contributed by atoms with Crippen LogP contribution >= 0.6 is 0 Å². The lowest BCUT2D eigenvalue weighted by molar-refractivity contribution is 0.0491. The van der Waals surface area contributed by atoms with Gasteiger partial charge in [0.15, 0.2) is 11.2 Å². The third kappa shape index (κ3) is 4.67. The lowest BCUT2D eigenvalue weighted by Gasteiger charge is -2.34. The van der Waals surface area contributed by atoms with E-state index in [1.807, 2.05) is 0 Å². The van der Waals surface area contributed by atoms with Gasteiger partial charge in [0.05, 0.1) is 0 Å². The van der Waals surface area contributed by atoms with Crippen LogP contribution in [-0.4, -0.2) is 10.8 Å². The Morgan fingerprint density at radius 2 is 0.750 bits per heavy atom. The van der Waals surface area contributed by atoms with Gasteiger partial charge in [-0.2, -0.15) is 0 Å². The highest BCUT2D eigenvalue weighted by molar-refractivity contribution is 5.80. The maximum Gasteiger partial charge on any atom is 0.293 e. The van der Waals surface area contributed by atoms with E-state index in [2.05, 4.69) is 0 Å². The molecule has 7 rings (SSSR count). The van der Waals surface area contributed by atoms with E-state index in [1.165, 1.54) is 156 Å². The number of rotatable bonds is 4. The van der Waals surface area contributed by atoms with E-state index >= 15 is 0 Å². The summed E-state index contributed by atoms with van der Waals surface area (Å²) >= 11 is 0. The molecule has 0 radical (unpaired) electrons. The van der Waals surface area contributed by atoms with Crippen LogP contribution in [0.15, 0.2) is 9.05 Å². The van der Waals surface area contributed by atoms with Gasteiger partial charge in [-0.1, -0.05) is 77.0 Å². The van der Waals surface area contributed by atoms with Crippen LogP contribution in [0.25, 0.3) is 11.2 Å². The number of aromatic nitrogens is 1. The minimum atomic E-state index is -0.147. The Labute approximate surface area is 217 Å². The van der Waals surface area contributed by atoms with Crippen LogP contribution in [0.3, 0.4) is 0 Å². The van der Waals surface area contributed by atoms with Gasteiger partial charge in [0.2, 0.25) is 0 Å². The summed E-state index contributed by atoms with van der Waals surface area (Å²) in [5, 5.41) is 0. The van der Waals surface area contributed by atoms with E-state index in [1.54, 1.807) is 6.92 Å². The molecule has 2 aromatic heterocycles. The van der Waals surface area contributed by atoms with E-state index in [-0.39, 0.29) is 5.91 Å². The molecule has 0 unspecified atom stereocenters. The Balaban J connectivity index is 1.67. The number of carbonyl (C=O) groups is 1. The van der Waals surface area contributed by atoms with Crippen molar-refractivity contribution >= 4 is 17.1 Å². The first kappa shape index (κ1) is 24.6. The number of benzene rings is 1. The summed E-state index contributed by atoms with van der Waals surface area (Å²) in [4.78, 5) is 14.1. The molecule has 2 bridgehead atoms. The Hall–Kier alpha value is -1.71. The molecule has 3 aromatic rings. The number of hydrogen-bond acceptors (Lipinski definition) is 3. The molecule has 1 aromatic carbocycles. The average molecular weight is 494 g/mol. The summed E-state index contributed by atoms with van der Waals surface area (Å²) in [5.74, 6) is 2.03. The molecule has 4 nitrogen and oxygen atoms in total. The van der Waals surface area contributed by atoms with Crippen molar-refractivity contribution in [3.8, 4) is 0 Å². The van der Waals surface area contributed by atoms with Gasteiger partial charge >= 0.3 is 0 Å². The molecule has 4 aliphatic rings. The zero-order valence-electron chi connectivity index (χ0n) is 22.6. The van der Waals surface area contributed by atoms with Gasteiger partial charge in [-0.05, 0) is 75.0 Å². The SMILES string of the molecule is CC(=O)n1oc2c(C3CCCCC3)c(C3CCCCC3)c(o1)c(C1CCCCC1)c2C1CCCCC1. The first-order valence-corrected chi connectivity index (χ1v) is 15.6. The molecular weight excluding hydrogens is 446 g/mol. The smallest absolute Gasteiger partial charge is 0.293 e. The van der Waals surface area contributed by atoms with Gasteiger partial charge in [0.25, 0.3) is 5.91 Å². The quantitative estimate of drug-likeness (QED) is 0.425. The third-order valence-corrected chi connectivity index (χ3v) is 10.2. The molecule has 0 amide bonds. The summed E-state index contributed by atoms with van der Waals surface area (Å²) in [7, 11) is 0. The second-order valence-electron chi connectivity index (χ2n) is 12.6. The molecule has 0 N–H and O–H groups in total. The lowest BCUT2D eigenvalue weighted by atomic mass is 9.69. The van der Waals surface area contributed by atoms with Gasteiger partial charge in [-0.3, -0.25) is 4.79 Å². The van der Waals surface area contributed by atoms with Crippen LogP contribution in [-0.2, 0) is 0 Å². The van der Waals surface area contributed by atoms with Crippen molar-refractivity contribution in [3.05, 3.63) is 22.3 Å². The number of carbonyl (C=O) groups excluding carboxylic acids is 1. The van der Waals surface area contributed by atoms with Crippen LogP contribution in [0, 0.1) is 0 Å². The predicted octanol–water partition coefficient (Wildman–Crippen LogP) is 10.2. The fourth-order valence-corrected chi connectivity index (χ4v) is 8.48. The van der Waals surface area contributed by atoms with Crippen molar-refractivity contribution < 1.29 is 13.8 Å². The Morgan fingerprint density at radius 1 is 0.500 bits per heavy atom. The molecule has 4 saturated carbocycles. The lowest BCUT2D eigenvalue weighted by Crippen LogP contribution is -2.19. The summed E-state index contributed by atoms with van der Waals surface area (Å²) in [5.41, 5.74) is 8.04. The van der Waals surface area contributed by atoms with Crippen molar-refractivity contribution in [2.24, 2.45) is 0 Å². The summed E-state index contributed by atoms with van der Waals surface area (Å²) in [6.45, 7) is 1.59. The van der Waals surface area contributed by atoms with Gasteiger partial charge in [0.1, 0.15) is 0 Å². The molecule has 198 valence electrons. The number of nitrogens with zero attached hydrogens (tertiary/aromatic N) is 1. The van der Waals surface area contributed by atoms with E-state index in [0.717, 1.165) is 11.2 Å². The van der Waals surface area contributed by atoms with E-state index < -0.39 is 0 Å². The Bertz CT molecular complexity index is 920. The van der Waals surface area contributed by atoms with Gasteiger partial charge in [-0.25, -0.2) is 0 Å². The highest BCUT2D eigenvalue weighted by atomic mass is 16.7. The molecular formula is C32H47NO3. The minimum absolute atomic E-state index is 0.147. The van der Waals surface area contributed by atoms with Crippen LogP contribution in [0.2, 0.25) is 0 Å². The molecule has 36 heavy (non-hydrogen) atoms. The van der Waals surface area contributed by atoms with Crippen LogP contribution in [0.1, 0.15) is 186 Å². The summed E-state index contributed by atoms with van der Waals surface area (Å²) in [6.07, 6.45) is 25.9. The number of fused-ring (bicyclic) bond motifs is 4. The first-order valence-electron chi connectivity index (χ1n) is 15.6.